The fourth-order valence-corrected chi connectivity index (χ4v) is 3.03. The smallest absolute Gasteiger partial charge is 0.368 e. The topological polar surface area (TPSA) is 50.1 Å². The highest BCUT2D eigenvalue weighted by Crippen LogP contribution is 2.37. The Morgan fingerprint density at radius 1 is 0.900 bits per heavy atom. The summed E-state index contributed by atoms with van der Waals surface area (Å²) in [6.07, 6.45) is -8.52. The summed E-state index contributed by atoms with van der Waals surface area (Å²) < 4.78 is 79.1. The molecule has 0 saturated carbocycles. The number of hydrogen-bond acceptors (Lipinski definition) is 3. The summed E-state index contributed by atoms with van der Waals surface area (Å²) in [5.41, 5.74) is -2.19. The van der Waals surface area contributed by atoms with Gasteiger partial charge in [-0.1, -0.05) is 23.2 Å². The van der Waals surface area contributed by atoms with Crippen molar-refractivity contribution in [3.05, 3.63) is 75.8 Å². The van der Waals surface area contributed by atoms with Crippen molar-refractivity contribution < 1.29 is 31.4 Å². The lowest BCUT2D eigenvalue weighted by Crippen LogP contribution is -2.12. The number of rotatable bonds is 4. The summed E-state index contributed by atoms with van der Waals surface area (Å²) in [5.74, 6) is 0. The van der Waals surface area contributed by atoms with Crippen LogP contribution >= 0.6 is 23.2 Å². The Hall–Kier alpha value is -2.43. The van der Waals surface area contributed by atoms with E-state index in [1.54, 1.807) is 0 Å². The minimum absolute atomic E-state index is 0.0398. The minimum Gasteiger partial charge on any atom is -0.368 e. The number of halogens is 8. The molecule has 30 heavy (non-hydrogen) atoms. The van der Waals surface area contributed by atoms with Gasteiger partial charge in [-0.25, -0.2) is 4.98 Å². The third-order valence-corrected chi connectivity index (χ3v) is 4.67. The van der Waals surface area contributed by atoms with Crippen molar-refractivity contribution in [3.8, 4) is 5.69 Å². The number of benzene rings is 2. The molecule has 0 aliphatic rings. The molecule has 1 heterocycles. The van der Waals surface area contributed by atoms with Gasteiger partial charge in [0.05, 0.1) is 27.5 Å². The molecule has 0 bridgehead atoms. The molecular weight excluding hydrogens is 459 g/mol. The average Bonchev–Trinajstić information content (AvgIpc) is 3.12. The van der Waals surface area contributed by atoms with Crippen molar-refractivity contribution in [1.29, 1.82) is 0 Å². The van der Waals surface area contributed by atoms with Gasteiger partial charge < -0.3 is 15.0 Å². The molecule has 12 heteroatoms. The number of nitrogens with zero attached hydrogens (tertiary/aromatic N) is 2. The van der Waals surface area contributed by atoms with Crippen molar-refractivity contribution in [2.75, 3.05) is 5.32 Å². The van der Waals surface area contributed by atoms with Crippen molar-refractivity contribution >= 4 is 28.9 Å². The quantitative estimate of drug-likeness (QED) is 0.347. The Labute approximate surface area is 175 Å². The molecule has 160 valence electrons. The average molecular weight is 470 g/mol. The van der Waals surface area contributed by atoms with Crippen LogP contribution in [-0.2, 0) is 12.4 Å². The third kappa shape index (κ3) is 4.82. The SMILES string of the molecule is OC(Nc1ccc(Cl)c(C(F)(F)F)c1)c1cn(-c2ccc(Cl)c(C(F)(F)F)c2)cn1. The molecule has 0 aliphatic carbocycles. The van der Waals surface area contributed by atoms with E-state index in [-0.39, 0.29) is 17.1 Å². The standard InChI is InChI=1S/C18H11Cl2F6N3O/c19-13-3-1-9(5-11(13)17(21,22)23)28-16(30)15-7-29(8-27-15)10-2-4-14(20)12(6-10)18(24,25)26/h1-8,16,28,30H. The van der Waals surface area contributed by atoms with E-state index in [9.17, 15) is 31.4 Å². The van der Waals surface area contributed by atoms with Crippen molar-refractivity contribution in [3.63, 3.8) is 0 Å². The van der Waals surface area contributed by atoms with Crippen LogP contribution in [0.3, 0.4) is 0 Å². The number of hydrogen-bond donors (Lipinski definition) is 2. The third-order valence-electron chi connectivity index (χ3n) is 4.01. The van der Waals surface area contributed by atoms with Gasteiger partial charge in [-0.2, -0.15) is 26.3 Å². The van der Waals surface area contributed by atoms with E-state index in [2.05, 4.69) is 10.3 Å². The van der Waals surface area contributed by atoms with Gasteiger partial charge in [0, 0.05) is 17.6 Å². The zero-order valence-electron chi connectivity index (χ0n) is 14.6. The lowest BCUT2D eigenvalue weighted by Gasteiger charge is -2.15. The summed E-state index contributed by atoms with van der Waals surface area (Å²) in [7, 11) is 0. The first-order valence-corrected chi connectivity index (χ1v) is 8.84. The van der Waals surface area contributed by atoms with Crippen LogP contribution in [0.2, 0.25) is 10.0 Å². The predicted octanol–water partition coefficient (Wildman–Crippen LogP) is 6.32. The summed E-state index contributed by atoms with van der Waals surface area (Å²) in [4.78, 5) is 3.88. The Balaban J connectivity index is 1.84. The Morgan fingerprint density at radius 2 is 1.47 bits per heavy atom. The van der Waals surface area contributed by atoms with Gasteiger partial charge in [0.2, 0.25) is 0 Å². The second-order valence-electron chi connectivity index (χ2n) is 6.11. The molecule has 2 N–H and O–H groups in total. The van der Waals surface area contributed by atoms with Crippen LogP contribution in [0.15, 0.2) is 48.9 Å². The van der Waals surface area contributed by atoms with Gasteiger partial charge >= 0.3 is 12.4 Å². The minimum atomic E-state index is -4.69. The van der Waals surface area contributed by atoms with Crippen LogP contribution in [-0.4, -0.2) is 14.7 Å². The molecule has 1 unspecified atom stereocenters. The maximum absolute atomic E-state index is 13.0. The number of aliphatic hydroxyl groups is 1. The van der Waals surface area contributed by atoms with E-state index in [0.29, 0.717) is 0 Å². The van der Waals surface area contributed by atoms with Gasteiger partial charge in [-0.05, 0) is 36.4 Å². The van der Waals surface area contributed by atoms with Crippen LogP contribution < -0.4 is 5.32 Å². The Kier molecular flexibility index (Phi) is 5.94. The Morgan fingerprint density at radius 3 is 2.07 bits per heavy atom. The predicted molar refractivity (Wildman–Crippen MR) is 98.6 cm³/mol. The zero-order chi connectivity index (χ0) is 22.3. The molecule has 4 nitrogen and oxygen atoms in total. The highest BCUT2D eigenvalue weighted by molar-refractivity contribution is 6.31. The molecule has 0 aliphatic heterocycles. The highest BCUT2D eigenvalue weighted by atomic mass is 35.5. The zero-order valence-corrected chi connectivity index (χ0v) is 16.1. The van der Waals surface area contributed by atoms with Gasteiger partial charge in [0.25, 0.3) is 0 Å². The van der Waals surface area contributed by atoms with E-state index in [4.69, 9.17) is 23.2 Å². The fraction of sp³-hybridized carbons (Fsp3) is 0.167. The number of anilines is 1. The van der Waals surface area contributed by atoms with E-state index < -0.39 is 39.8 Å². The molecule has 2 aromatic carbocycles. The summed E-state index contributed by atoms with van der Waals surface area (Å²) in [6, 6.07) is 6.16. The van der Waals surface area contributed by atoms with Gasteiger partial charge in [0.1, 0.15) is 5.69 Å². The van der Waals surface area contributed by atoms with Crippen LogP contribution in [0, 0.1) is 0 Å². The van der Waals surface area contributed by atoms with Crippen LogP contribution in [0.5, 0.6) is 0 Å². The number of alkyl halides is 6. The van der Waals surface area contributed by atoms with E-state index >= 15 is 0 Å². The molecule has 1 aromatic heterocycles. The first kappa shape index (κ1) is 22.3. The van der Waals surface area contributed by atoms with Gasteiger partial charge in [0.15, 0.2) is 6.23 Å². The van der Waals surface area contributed by atoms with Gasteiger partial charge in [-0.3, -0.25) is 0 Å². The van der Waals surface area contributed by atoms with Crippen molar-refractivity contribution in [2.45, 2.75) is 18.6 Å². The van der Waals surface area contributed by atoms with Crippen LogP contribution in [0.25, 0.3) is 5.69 Å². The lowest BCUT2D eigenvalue weighted by molar-refractivity contribution is -0.138. The number of nitrogens with one attached hydrogen (secondary N) is 1. The molecule has 0 saturated heterocycles. The maximum Gasteiger partial charge on any atom is 0.417 e. The van der Waals surface area contributed by atoms with Crippen LogP contribution in [0.4, 0.5) is 32.0 Å². The number of imidazole rings is 1. The lowest BCUT2D eigenvalue weighted by atomic mass is 10.2. The monoisotopic (exact) mass is 469 g/mol. The highest BCUT2D eigenvalue weighted by Gasteiger charge is 2.34. The molecule has 1 atom stereocenters. The molecular formula is C18H11Cl2F6N3O. The van der Waals surface area contributed by atoms with Crippen LogP contribution in [0.1, 0.15) is 23.0 Å². The van der Waals surface area contributed by atoms with E-state index in [1.165, 1.54) is 22.9 Å². The second-order valence-corrected chi connectivity index (χ2v) is 6.92. The molecule has 3 aromatic rings. The summed E-state index contributed by atoms with van der Waals surface area (Å²) in [5, 5.41) is 11.7. The van der Waals surface area contributed by atoms with E-state index in [0.717, 1.165) is 30.6 Å². The summed E-state index contributed by atoms with van der Waals surface area (Å²) in [6.45, 7) is 0. The van der Waals surface area contributed by atoms with Crippen molar-refractivity contribution in [2.24, 2.45) is 0 Å². The number of aliphatic hydroxyl groups excluding tert-OH is 1. The molecule has 3 rings (SSSR count). The molecule has 0 amide bonds. The molecule has 0 fully saturated rings. The first-order chi connectivity index (χ1) is 13.9. The molecule has 0 spiro atoms. The number of aromatic nitrogens is 2. The first-order valence-electron chi connectivity index (χ1n) is 8.08. The van der Waals surface area contributed by atoms with Gasteiger partial charge in [-0.15, -0.1) is 0 Å². The van der Waals surface area contributed by atoms with E-state index in [1.807, 2.05) is 0 Å². The van der Waals surface area contributed by atoms with Crippen molar-refractivity contribution in [1.82, 2.24) is 9.55 Å². The summed E-state index contributed by atoms with van der Waals surface area (Å²) >= 11 is 11.1. The Bertz CT molecular complexity index is 1060. The second kappa shape index (κ2) is 8.01. The molecule has 0 radical (unpaired) electrons. The normalized spacial score (nSPS) is 13.4. The fourth-order valence-electron chi connectivity index (χ4n) is 2.58. The maximum atomic E-state index is 13.0. The largest absolute Gasteiger partial charge is 0.417 e.